The molecule has 0 radical (unpaired) electrons. The molecule has 1 aliphatic heterocycles. The number of benzene rings is 1. The van der Waals surface area contributed by atoms with Gasteiger partial charge in [-0.25, -0.2) is 0 Å². The molecule has 0 aromatic heterocycles. The van der Waals surface area contributed by atoms with E-state index < -0.39 is 0 Å². The number of carbonyl (C=O) groups excluding carboxylic acids is 2. The maximum Gasteiger partial charge on any atom is 0.244 e. The van der Waals surface area contributed by atoms with Crippen LogP contribution in [0.4, 0.5) is 0 Å². The van der Waals surface area contributed by atoms with Gasteiger partial charge in [0, 0.05) is 37.3 Å². The van der Waals surface area contributed by atoms with E-state index in [4.69, 9.17) is 4.74 Å². The van der Waals surface area contributed by atoms with E-state index in [1.54, 1.807) is 19.3 Å². The number of hydrogen-bond acceptors (Lipinski definition) is 4. The topological polar surface area (TPSA) is 70.7 Å². The molecule has 0 spiro atoms. The summed E-state index contributed by atoms with van der Waals surface area (Å²) in [6.45, 7) is 6.85. The van der Waals surface area contributed by atoms with Gasteiger partial charge in [0.1, 0.15) is 5.75 Å². The molecule has 0 aliphatic carbocycles. The van der Waals surface area contributed by atoms with Crippen molar-refractivity contribution in [1.29, 1.82) is 0 Å². The highest BCUT2D eigenvalue weighted by Gasteiger charge is 2.21. The van der Waals surface area contributed by atoms with Gasteiger partial charge in [0.05, 0.1) is 13.7 Å². The third-order valence-electron chi connectivity index (χ3n) is 4.67. The molecule has 2 rings (SSSR count). The molecule has 1 aromatic rings. The number of methoxy groups -OCH3 is 1. The summed E-state index contributed by atoms with van der Waals surface area (Å²) < 4.78 is 5.33. The molecule has 0 atom stereocenters. The minimum atomic E-state index is -0.0994. The summed E-state index contributed by atoms with van der Waals surface area (Å²) in [7, 11) is 1.62. The maximum absolute atomic E-state index is 12.2. The van der Waals surface area contributed by atoms with Crippen LogP contribution < -0.4 is 15.4 Å². The highest BCUT2D eigenvalue weighted by molar-refractivity contribution is 5.92. The Balaban J connectivity index is 1.77. The van der Waals surface area contributed by atoms with Crippen molar-refractivity contribution in [3.05, 3.63) is 35.4 Å². The van der Waals surface area contributed by atoms with Gasteiger partial charge in [0.25, 0.3) is 0 Å². The smallest absolute Gasteiger partial charge is 0.244 e. The van der Waals surface area contributed by atoms with Crippen LogP contribution in [0, 0.1) is 6.92 Å². The first-order chi connectivity index (χ1) is 13.0. The number of amides is 2. The fraction of sp³-hybridized carbons (Fsp3) is 0.524. The predicted molar refractivity (Wildman–Crippen MR) is 108 cm³/mol. The lowest BCUT2D eigenvalue weighted by molar-refractivity contribution is -0.123. The lowest BCUT2D eigenvalue weighted by atomic mass is 10.0. The monoisotopic (exact) mass is 373 g/mol. The van der Waals surface area contributed by atoms with Crippen molar-refractivity contribution in [2.75, 3.05) is 33.3 Å². The van der Waals surface area contributed by atoms with Crippen molar-refractivity contribution in [3.8, 4) is 5.75 Å². The largest absolute Gasteiger partial charge is 0.496 e. The molecule has 6 heteroatoms. The predicted octanol–water partition coefficient (Wildman–Crippen LogP) is 2.12. The number of likely N-dealkylation sites (tertiary alicyclic amines) is 1. The Hall–Kier alpha value is -2.34. The Kier molecular flexibility index (Phi) is 8.33. The molecule has 0 bridgehead atoms. The van der Waals surface area contributed by atoms with Gasteiger partial charge in [0.15, 0.2) is 0 Å². The van der Waals surface area contributed by atoms with Crippen LogP contribution in [-0.4, -0.2) is 56.0 Å². The molecule has 2 amide bonds. The maximum atomic E-state index is 12.2. The Bertz CT molecular complexity index is 665. The Morgan fingerprint density at radius 2 is 2.04 bits per heavy atom. The van der Waals surface area contributed by atoms with Crippen LogP contribution in [-0.2, 0) is 9.59 Å². The van der Waals surface area contributed by atoms with Crippen molar-refractivity contribution < 1.29 is 14.3 Å². The zero-order valence-electron chi connectivity index (χ0n) is 16.6. The van der Waals surface area contributed by atoms with Crippen LogP contribution >= 0.6 is 0 Å². The minimum Gasteiger partial charge on any atom is -0.496 e. The zero-order chi connectivity index (χ0) is 19.6. The van der Waals surface area contributed by atoms with Crippen molar-refractivity contribution in [2.24, 2.45) is 0 Å². The van der Waals surface area contributed by atoms with E-state index in [1.807, 2.05) is 32.0 Å². The van der Waals surface area contributed by atoms with Gasteiger partial charge in [-0.1, -0.05) is 18.6 Å². The molecule has 148 valence electrons. The molecular weight excluding hydrogens is 342 g/mol. The molecule has 2 N–H and O–H groups in total. The van der Waals surface area contributed by atoms with Crippen molar-refractivity contribution in [3.63, 3.8) is 0 Å². The van der Waals surface area contributed by atoms with E-state index in [1.165, 1.54) is 0 Å². The highest BCUT2D eigenvalue weighted by atomic mass is 16.5. The lowest BCUT2D eigenvalue weighted by Gasteiger charge is -2.31. The summed E-state index contributed by atoms with van der Waals surface area (Å²) in [5.74, 6) is 0.728. The zero-order valence-corrected chi connectivity index (χ0v) is 16.6. The number of nitrogens with one attached hydrogen (secondary N) is 2. The second kappa shape index (κ2) is 10.7. The summed E-state index contributed by atoms with van der Waals surface area (Å²) in [6, 6.07) is 6.02. The van der Waals surface area contributed by atoms with E-state index in [0.717, 1.165) is 55.8 Å². The van der Waals surface area contributed by atoms with Crippen LogP contribution in [0.1, 0.15) is 37.3 Å². The van der Waals surface area contributed by atoms with E-state index in [2.05, 4.69) is 15.5 Å². The van der Waals surface area contributed by atoms with Crippen LogP contribution in [0.5, 0.6) is 5.75 Å². The fourth-order valence-electron chi connectivity index (χ4n) is 3.16. The molecule has 1 heterocycles. The van der Waals surface area contributed by atoms with Gasteiger partial charge in [-0.2, -0.15) is 0 Å². The van der Waals surface area contributed by atoms with E-state index in [-0.39, 0.29) is 17.9 Å². The normalized spacial score (nSPS) is 15.7. The first kappa shape index (κ1) is 21.0. The number of piperidine rings is 1. The average molecular weight is 373 g/mol. The third-order valence-corrected chi connectivity index (χ3v) is 4.67. The number of aryl methyl sites for hydroxylation is 1. The molecule has 27 heavy (non-hydrogen) atoms. The number of ether oxygens (including phenoxy) is 1. The highest BCUT2D eigenvalue weighted by Crippen LogP contribution is 2.21. The number of nitrogens with zero attached hydrogens (tertiary/aromatic N) is 1. The molecule has 1 fully saturated rings. The molecular formula is C21H31N3O3. The number of carbonyl (C=O) groups is 2. The van der Waals surface area contributed by atoms with Gasteiger partial charge in [-0.15, -0.1) is 0 Å². The molecule has 0 unspecified atom stereocenters. The molecule has 1 aliphatic rings. The van der Waals surface area contributed by atoms with Crippen molar-refractivity contribution in [1.82, 2.24) is 15.5 Å². The lowest BCUT2D eigenvalue weighted by Crippen LogP contribution is -2.47. The van der Waals surface area contributed by atoms with Crippen molar-refractivity contribution >= 4 is 17.9 Å². The second-order valence-electron chi connectivity index (χ2n) is 6.99. The quantitative estimate of drug-likeness (QED) is 0.685. The summed E-state index contributed by atoms with van der Waals surface area (Å²) in [4.78, 5) is 26.2. The van der Waals surface area contributed by atoms with Gasteiger partial charge in [-0.3, -0.25) is 14.5 Å². The fourth-order valence-corrected chi connectivity index (χ4v) is 3.16. The van der Waals surface area contributed by atoms with Crippen LogP contribution in [0.3, 0.4) is 0 Å². The van der Waals surface area contributed by atoms with Gasteiger partial charge >= 0.3 is 0 Å². The van der Waals surface area contributed by atoms with Crippen LogP contribution in [0.15, 0.2) is 24.3 Å². The Labute approximate surface area is 162 Å². The van der Waals surface area contributed by atoms with Gasteiger partial charge in [-0.05, 0) is 44.4 Å². The summed E-state index contributed by atoms with van der Waals surface area (Å²) in [6.07, 6.45) is 6.00. The summed E-state index contributed by atoms with van der Waals surface area (Å²) in [5, 5.41) is 5.95. The minimum absolute atomic E-state index is 0.0781. The first-order valence-electron chi connectivity index (χ1n) is 9.64. The summed E-state index contributed by atoms with van der Waals surface area (Å²) in [5.41, 5.74) is 2.01. The van der Waals surface area contributed by atoms with Crippen LogP contribution in [0.25, 0.3) is 6.08 Å². The Morgan fingerprint density at radius 1 is 1.30 bits per heavy atom. The number of rotatable bonds is 8. The molecule has 1 aromatic carbocycles. The second-order valence-corrected chi connectivity index (χ2v) is 6.99. The first-order valence-corrected chi connectivity index (χ1v) is 9.64. The van der Waals surface area contributed by atoms with Crippen molar-refractivity contribution in [2.45, 2.75) is 39.2 Å². The summed E-state index contributed by atoms with van der Waals surface area (Å²) >= 11 is 0. The number of hydrogen-bond donors (Lipinski definition) is 2. The SMILES string of the molecule is CCCNC(=O)CN1CCC(NC(=O)/C=C/c2cc(C)ccc2OC)CC1. The third kappa shape index (κ3) is 7.06. The van der Waals surface area contributed by atoms with Gasteiger partial charge in [0.2, 0.25) is 11.8 Å². The molecule has 1 saturated heterocycles. The van der Waals surface area contributed by atoms with Crippen LogP contribution in [0.2, 0.25) is 0 Å². The van der Waals surface area contributed by atoms with E-state index >= 15 is 0 Å². The average Bonchev–Trinajstić information content (AvgIpc) is 2.66. The van der Waals surface area contributed by atoms with E-state index in [0.29, 0.717) is 6.54 Å². The standard InChI is InChI=1S/C21H31N3O3/c1-4-11-22-21(26)15-24-12-9-18(10-13-24)23-20(25)8-6-17-14-16(2)5-7-19(17)27-3/h5-8,14,18H,4,9-13,15H2,1-3H3,(H,22,26)(H,23,25)/b8-6+. The molecule has 0 saturated carbocycles. The Morgan fingerprint density at radius 3 is 2.70 bits per heavy atom. The molecule has 6 nitrogen and oxygen atoms in total. The van der Waals surface area contributed by atoms with Gasteiger partial charge < -0.3 is 15.4 Å². The van der Waals surface area contributed by atoms with E-state index in [9.17, 15) is 9.59 Å².